The van der Waals surface area contributed by atoms with E-state index in [4.69, 9.17) is 11.5 Å². The van der Waals surface area contributed by atoms with Crippen molar-refractivity contribution in [3.8, 4) is 0 Å². The highest BCUT2D eigenvalue weighted by molar-refractivity contribution is 7.99. The van der Waals surface area contributed by atoms with Crippen molar-refractivity contribution in [2.24, 2.45) is 5.73 Å². The van der Waals surface area contributed by atoms with Crippen LogP contribution >= 0.6 is 11.8 Å². The molecule has 0 spiro atoms. The number of anilines is 2. The van der Waals surface area contributed by atoms with Crippen molar-refractivity contribution < 1.29 is 9.59 Å². The third kappa shape index (κ3) is 1.99. The topological polar surface area (TPSA) is 92.7 Å². The number of fused-ring (bicyclic) bond motifs is 3. The van der Waals surface area contributed by atoms with E-state index in [2.05, 4.69) is 0 Å². The van der Waals surface area contributed by atoms with E-state index in [-0.39, 0.29) is 18.6 Å². The number of thioether (sulfide) groups is 1. The zero-order chi connectivity index (χ0) is 13.6. The van der Waals surface area contributed by atoms with Gasteiger partial charge >= 0.3 is 6.03 Å². The van der Waals surface area contributed by atoms with Crippen LogP contribution in [0.3, 0.4) is 0 Å². The summed E-state index contributed by atoms with van der Waals surface area (Å²) in [6.07, 6.45) is 0. The lowest BCUT2D eigenvalue weighted by Crippen LogP contribution is -2.40. The first-order valence-electron chi connectivity index (χ1n) is 5.95. The van der Waals surface area contributed by atoms with Gasteiger partial charge in [0.05, 0.1) is 11.7 Å². The molecule has 3 rings (SSSR count). The highest BCUT2D eigenvalue weighted by Crippen LogP contribution is 2.41. The van der Waals surface area contributed by atoms with Gasteiger partial charge in [0.25, 0.3) is 0 Å². The first kappa shape index (κ1) is 12.2. The maximum absolute atomic E-state index is 12.3. The lowest BCUT2D eigenvalue weighted by molar-refractivity contribution is -0.118. The normalized spacial score (nSPS) is 21.3. The lowest BCUT2D eigenvalue weighted by Gasteiger charge is -2.30. The summed E-state index contributed by atoms with van der Waals surface area (Å²) in [4.78, 5) is 27.6. The van der Waals surface area contributed by atoms with Crippen LogP contribution in [0.1, 0.15) is 0 Å². The molecule has 1 aromatic carbocycles. The van der Waals surface area contributed by atoms with Crippen molar-refractivity contribution in [2.45, 2.75) is 10.9 Å². The monoisotopic (exact) mass is 278 g/mol. The minimum atomic E-state index is -0.492. The Bertz CT molecular complexity index is 563. The van der Waals surface area contributed by atoms with E-state index >= 15 is 0 Å². The van der Waals surface area contributed by atoms with E-state index < -0.39 is 5.91 Å². The van der Waals surface area contributed by atoms with E-state index in [9.17, 15) is 9.59 Å². The largest absolute Gasteiger partial charge is 0.399 e. The molecule has 7 heteroatoms. The Morgan fingerprint density at radius 2 is 2.26 bits per heavy atom. The Labute approximate surface area is 114 Å². The summed E-state index contributed by atoms with van der Waals surface area (Å²) in [5, 5.41) is 0. The molecule has 4 N–H and O–H groups in total. The molecular weight excluding hydrogens is 264 g/mol. The van der Waals surface area contributed by atoms with Crippen LogP contribution in [-0.4, -0.2) is 41.7 Å². The summed E-state index contributed by atoms with van der Waals surface area (Å²) < 4.78 is 0. The second-order valence-corrected chi connectivity index (χ2v) is 5.75. The van der Waals surface area contributed by atoms with Gasteiger partial charge in [0.2, 0.25) is 5.91 Å². The van der Waals surface area contributed by atoms with Crippen molar-refractivity contribution in [2.75, 3.05) is 29.5 Å². The van der Waals surface area contributed by atoms with Gasteiger partial charge in [-0.25, -0.2) is 4.79 Å². The summed E-state index contributed by atoms with van der Waals surface area (Å²) in [5.74, 6) is 0.325. The standard InChI is InChI=1S/C12H14N4O2S/c13-7-1-2-10-9(3-7)16-8(6-19-10)4-15(12(16)18)5-11(14)17/h1-3,8H,4-6,13H2,(H2,14,17). The maximum Gasteiger partial charge on any atom is 0.325 e. The van der Waals surface area contributed by atoms with Gasteiger partial charge in [0, 0.05) is 22.9 Å². The molecule has 6 nitrogen and oxygen atoms in total. The highest BCUT2D eigenvalue weighted by atomic mass is 32.2. The number of hydrogen-bond acceptors (Lipinski definition) is 4. The summed E-state index contributed by atoms with van der Waals surface area (Å²) in [6.45, 7) is 0.497. The van der Waals surface area contributed by atoms with Gasteiger partial charge in [0.1, 0.15) is 6.54 Å². The number of nitrogens with zero attached hydrogens (tertiary/aromatic N) is 2. The number of nitrogen functional groups attached to an aromatic ring is 1. The van der Waals surface area contributed by atoms with Crippen LogP contribution in [0.25, 0.3) is 0 Å². The van der Waals surface area contributed by atoms with Gasteiger partial charge in [-0.15, -0.1) is 11.8 Å². The molecule has 2 aliphatic rings. The molecule has 1 saturated heterocycles. The first-order valence-corrected chi connectivity index (χ1v) is 6.93. The maximum atomic E-state index is 12.3. The molecule has 2 heterocycles. The van der Waals surface area contributed by atoms with Gasteiger partial charge in [-0.3, -0.25) is 9.69 Å². The number of hydrogen-bond donors (Lipinski definition) is 2. The van der Waals surface area contributed by atoms with E-state index in [1.807, 2.05) is 12.1 Å². The SMILES string of the molecule is NC(=O)CN1CC2CSc3ccc(N)cc3N2C1=O. The van der Waals surface area contributed by atoms with Gasteiger partial charge < -0.3 is 16.4 Å². The van der Waals surface area contributed by atoms with Crippen LogP contribution < -0.4 is 16.4 Å². The van der Waals surface area contributed by atoms with Gasteiger partial charge in [0.15, 0.2) is 0 Å². The third-order valence-electron chi connectivity index (χ3n) is 3.29. The fraction of sp³-hybridized carbons (Fsp3) is 0.333. The Balaban J connectivity index is 1.95. The van der Waals surface area contributed by atoms with Crippen molar-refractivity contribution in [3.63, 3.8) is 0 Å². The quantitative estimate of drug-likeness (QED) is 0.769. The highest BCUT2D eigenvalue weighted by Gasteiger charge is 2.41. The molecule has 0 aromatic heterocycles. The van der Waals surface area contributed by atoms with E-state index in [0.717, 1.165) is 16.3 Å². The average Bonchev–Trinajstić information content (AvgIpc) is 2.66. The summed E-state index contributed by atoms with van der Waals surface area (Å²) in [6, 6.07) is 5.46. The molecule has 1 unspecified atom stereocenters. The van der Waals surface area contributed by atoms with Gasteiger partial charge in [-0.1, -0.05) is 0 Å². The van der Waals surface area contributed by atoms with Crippen LogP contribution in [0, 0.1) is 0 Å². The van der Waals surface area contributed by atoms with Crippen LogP contribution in [0.15, 0.2) is 23.1 Å². The number of nitrogens with two attached hydrogens (primary N) is 2. The predicted octanol–water partition coefficient (Wildman–Crippen LogP) is 0.470. The van der Waals surface area contributed by atoms with Crippen LogP contribution in [-0.2, 0) is 4.79 Å². The predicted molar refractivity (Wildman–Crippen MR) is 74.0 cm³/mol. The van der Waals surface area contributed by atoms with Crippen LogP contribution in [0.5, 0.6) is 0 Å². The van der Waals surface area contributed by atoms with Crippen molar-refractivity contribution in [3.05, 3.63) is 18.2 Å². The molecule has 0 saturated carbocycles. The smallest absolute Gasteiger partial charge is 0.325 e. The van der Waals surface area contributed by atoms with Crippen molar-refractivity contribution in [1.29, 1.82) is 0 Å². The Morgan fingerprint density at radius 1 is 1.47 bits per heavy atom. The van der Waals surface area contributed by atoms with Crippen molar-refractivity contribution in [1.82, 2.24) is 4.90 Å². The molecular formula is C12H14N4O2S. The molecule has 1 fully saturated rings. The fourth-order valence-corrected chi connectivity index (χ4v) is 3.60. The number of carbonyl (C=O) groups excluding carboxylic acids is 2. The number of amides is 3. The minimum Gasteiger partial charge on any atom is -0.399 e. The molecule has 0 bridgehead atoms. The molecule has 3 amide bonds. The number of rotatable bonds is 2. The fourth-order valence-electron chi connectivity index (χ4n) is 2.50. The van der Waals surface area contributed by atoms with E-state index in [1.54, 1.807) is 22.7 Å². The van der Waals surface area contributed by atoms with Gasteiger partial charge in [-0.2, -0.15) is 0 Å². The van der Waals surface area contributed by atoms with E-state index in [1.165, 1.54) is 4.90 Å². The van der Waals surface area contributed by atoms with Crippen LogP contribution in [0.2, 0.25) is 0 Å². The number of primary amides is 1. The summed E-state index contributed by atoms with van der Waals surface area (Å²) in [5.41, 5.74) is 12.4. The number of urea groups is 1. The number of carbonyl (C=O) groups is 2. The van der Waals surface area contributed by atoms with E-state index in [0.29, 0.717) is 12.2 Å². The first-order chi connectivity index (χ1) is 9.06. The third-order valence-corrected chi connectivity index (χ3v) is 4.50. The summed E-state index contributed by atoms with van der Waals surface area (Å²) >= 11 is 1.70. The second-order valence-electron chi connectivity index (χ2n) is 4.69. The molecule has 2 aliphatic heterocycles. The zero-order valence-electron chi connectivity index (χ0n) is 10.2. The van der Waals surface area contributed by atoms with Crippen molar-refractivity contribution >= 4 is 35.1 Å². The second kappa shape index (κ2) is 4.34. The lowest BCUT2D eigenvalue weighted by atomic mass is 10.2. The molecule has 0 radical (unpaired) electrons. The van der Waals surface area contributed by atoms with Crippen LogP contribution in [0.4, 0.5) is 16.2 Å². The molecule has 1 aromatic rings. The molecule has 1 atom stereocenters. The Morgan fingerprint density at radius 3 is 3.00 bits per heavy atom. The Kier molecular flexibility index (Phi) is 2.78. The molecule has 19 heavy (non-hydrogen) atoms. The molecule has 0 aliphatic carbocycles. The Hall–Kier alpha value is -1.89. The number of benzene rings is 1. The average molecular weight is 278 g/mol. The zero-order valence-corrected chi connectivity index (χ0v) is 11.0. The minimum absolute atomic E-state index is 0.0336. The molecule has 100 valence electrons. The summed E-state index contributed by atoms with van der Waals surface area (Å²) in [7, 11) is 0. The van der Waals surface area contributed by atoms with Gasteiger partial charge in [-0.05, 0) is 18.2 Å².